The van der Waals surface area contributed by atoms with Gasteiger partial charge in [0.25, 0.3) is 21.6 Å². The molecule has 3 N–H and O–H groups in total. The summed E-state index contributed by atoms with van der Waals surface area (Å²) < 4.78 is 28.4. The zero-order chi connectivity index (χ0) is 32.7. The molecular weight excluding hydrogens is 610 g/mol. The van der Waals surface area contributed by atoms with Gasteiger partial charge in [0.05, 0.1) is 9.82 Å². The Balaban J connectivity index is 1.08. The monoisotopic (exact) mass is 653 g/mol. The predicted octanol–water partition coefficient (Wildman–Crippen LogP) is 5.99. The molecule has 0 unspecified atom stereocenters. The molecule has 1 saturated heterocycles. The van der Waals surface area contributed by atoms with Crippen molar-refractivity contribution in [2.75, 3.05) is 36.9 Å². The summed E-state index contributed by atoms with van der Waals surface area (Å²) in [6, 6.07) is 10.5. The zero-order valence-corrected chi connectivity index (χ0v) is 27.1. The standard InChI is InChI=1S/C33H43N5O7S/c1-36(30(40)41)33-15-12-32(13-16-33,14-17-33)23-34-27-9-8-26(22-28(27)38(42)43)46(44,45)35-29(39)24-4-6-25(7-5-24)37-20-18-31(19-21-37)10-2-3-11-31/h4-9,22,34H,2-3,10-21,23H2,1H3,(H,35,39)(H,40,41). The van der Waals surface area contributed by atoms with E-state index in [1.54, 1.807) is 19.2 Å². The quantitative estimate of drug-likeness (QED) is 0.218. The molecule has 1 spiro atoms. The van der Waals surface area contributed by atoms with Crippen LogP contribution in [0.5, 0.6) is 0 Å². The zero-order valence-electron chi connectivity index (χ0n) is 26.3. The van der Waals surface area contributed by atoms with Gasteiger partial charge in [0.1, 0.15) is 5.69 Å². The van der Waals surface area contributed by atoms with Crippen molar-refractivity contribution in [2.45, 2.75) is 87.5 Å². The average molecular weight is 654 g/mol. The molecule has 0 atom stereocenters. The molecule has 4 saturated carbocycles. The van der Waals surface area contributed by atoms with E-state index in [1.807, 2.05) is 12.1 Å². The Kier molecular flexibility index (Phi) is 8.41. The second kappa shape index (κ2) is 12.1. The van der Waals surface area contributed by atoms with Crippen LogP contribution in [0, 0.1) is 20.9 Å². The van der Waals surface area contributed by atoms with Crippen molar-refractivity contribution >= 4 is 39.1 Å². The van der Waals surface area contributed by atoms with Gasteiger partial charge in [-0.2, -0.15) is 0 Å². The highest BCUT2D eigenvalue weighted by Crippen LogP contribution is 2.54. The molecule has 1 aliphatic heterocycles. The third-order valence-corrected chi connectivity index (χ3v) is 13.0. The number of hydrogen-bond donors (Lipinski definition) is 3. The van der Waals surface area contributed by atoms with Gasteiger partial charge >= 0.3 is 6.09 Å². The van der Waals surface area contributed by atoms with E-state index in [0.29, 0.717) is 12.0 Å². The van der Waals surface area contributed by atoms with Crippen molar-refractivity contribution in [3.05, 3.63) is 58.1 Å². The molecule has 2 bridgehead atoms. The summed E-state index contributed by atoms with van der Waals surface area (Å²) >= 11 is 0. The summed E-state index contributed by atoms with van der Waals surface area (Å²) in [6.45, 7) is 2.39. The Morgan fingerprint density at radius 3 is 2.11 bits per heavy atom. The summed E-state index contributed by atoms with van der Waals surface area (Å²) in [7, 11) is -2.77. The molecule has 2 amide bonds. The number of nitro groups is 1. The number of anilines is 2. The first-order valence-electron chi connectivity index (χ1n) is 16.3. The smallest absolute Gasteiger partial charge is 0.407 e. The normalized spacial score (nSPS) is 25.3. The van der Waals surface area contributed by atoms with Crippen LogP contribution >= 0.6 is 0 Å². The van der Waals surface area contributed by atoms with Crippen molar-refractivity contribution in [3.8, 4) is 0 Å². The van der Waals surface area contributed by atoms with E-state index in [0.717, 1.165) is 63.4 Å². The molecule has 2 aromatic carbocycles. The molecule has 0 radical (unpaired) electrons. The number of carbonyl (C=O) groups is 2. The Labute approximate surface area is 269 Å². The van der Waals surface area contributed by atoms with Crippen molar-refractivity contribution in [3.63, 3.8) is 0 Å². The number of benzene rings is 2. The van der Waals surface area contributed by atoms with Crippen LogP contribution in [0.4, 0.5) is 21.9 Å². The summed E-state index contributed by atoms with van der Waals surface area (Å²) in [4.78, 5) is 39.2. The van der Waals surface area contributed by atoms with Crippen LogP contribution in [0.1, 0.15) is 87.4 Å². The van der Waals surface area contributed by atoms with Crippen molar-refractivity contribution in [1.82, 2.24) is 9.62 Å². The molecule has 2 aromatic rings. The summed E-state index contributed by atoms with van der Waals surface area (Å²) in [5.74, 6) is -0.807. The highest BCUT2D eigenvalue weighted by molar-refractivity contribution is 7.90. The van der Waals surface area contributed by atoms with E-state index < -0.39 is 32.6 Å². The van der Waals surface area contributed by atoms with Crippen LogP contribution < -0.4 is 14.9 Å². The van der Waals surface area contributed by atoms with Crippen molar-refractivity contribution in [2.24, 2.45) is 10.8 Å². The Morgan fingerprint density at radius 2 is 1.54 bits per heavy atom. The van der Waals surface area contributed by atoms with Gasteiger partial charge in [-0.15, -0.1) is 0 Å². The Hall–Kier alpha value is -3.87. The molecule has 0 aromatic heterocycles. The molecule has 4 aliphatic carbocycles. The Bertz CT molecular complexity index is 1590. The summed E-state index contributed by atoms with van der Waals surface area (Å²) in [5, 5.41) is 24.7. The van der Waals surface area contributed by atoms with E-state index in [2.05, 4.69) is 14.9 Å². The number of nitrogens with zero attached hydrogens (tertiary/aromatic N) is 3. The molecule has 12 nitrogen and oxygen atoms in total. The lowest BCUT2D eigenvalue weighted by atomic mass is 9.57. The fourth-order valence-electron chi connectivity index (χ4n) is 8.40. The first kappa shape index (κ1) is 32.1. The van der Waals surface area contributed by atoms with Gasteiger partial charge in [-0.1, -0.05) is 12.8 Å². The van der Waals surface area contributed by atoms with Crippen molar-refractivity contribution in [1.29, 1.82) is 0 Å². The topological polar surface area (TPSA) is 162 Å². The fraction of sp³-hybridized carbons (Fsp3) is 0.576. The number of fused-ring (bicyclic) bond motifs is 3. The van der Waals surface area contributed by atoms with Crippen LogP contribution in [0.2, 0.25) is 0 Å². The number of nitrogens with one attached hydrogen (secondary N) is 2. The van der Waals surface area contributed by atoms with Crippen LogP contribution in [0.15, 0.2) is 47.4 Å². The minimum Gasteiger partial charge on any atom is -0.465 e. The largest absolute Gasteiger partial charge is 0.465 e. The van der Waals surface area contributed by atoms with Crippen LogP contribution in [0.25, 0.3) is 0 Å². The van der Waals surface area contributed by atoms with Gasteiger partial charge in [-0.25, -0.2) is 17.9 Å². The average Bonchev–Trinajstić information content (AvgIpc) is 3.52. The lowest BCUT2D eigenvalue weighted by molar-refractivity contribution is -0.384. The van der Waals surface area contributed by atoms with Gasteiger partial charge in [-0.05, 0) is 111 Å². The molecule has 46 heavy (non-hydrogen) atoms. The molecular formula is C33H43N5O7S. The lowest BCUT2D eigenvalue weighted by Gasteiger charge is -2.56. The first-order chi connectivity index (χ1) is 21.8. The van der Waals surface area contributed by atoms with Crippen molar-refractivity contribution < 1.29 is 28.0 Å². The van der Waals surface area contributed by atoms with E-state index in [4.69, 9.17) is 0 Å². The molecule has 13 heteroatoms. The SMILES string of the molecule is CN(C(=O)O)C12CCC(CNc3ccc(S(=O)(=O)NC(=O)c4ccc(N5CCC6(CCCC6)CC5)cc4)cc3[N+](=O)[O-])(CC1)CC2. The van der Waals surface area contributed by atoms with E-state index in [1.165, 1.54) is 55.6 Å². The number of carboxylic acid groups (broad SMARTS) is 1. The van der Waals surface area contributed by atoms with Crippen LogP contribution in [0.3, 0.4) is 0 Å². The number of nitro benzene ring substituents is 1. The Morgan fingerprint density at radius 1 is 0.935 bits per heavy atom. The highest BCUT2D eigenvalue weighted by atomic mass is 32.2. The number of rotatable bonds is 9. The number of carbonyl (C=O) groups excluding carboxylic acids is 1. The molecule has 7 rings (SSSR count). The highest BCUT2D eigenvalue weighted by Gasteiger charge is 2.51. The number of amides is 2. The molecule has 1 heterocycles. The minimum absolute atomic E-state index is 0.116. The maximum atomic E-state index is 13.2. The minimum atomic E-state index is -4.39. The van der Waals surface area contributed by atoms with Gasteiger partial charge < -0.3 is 20.2 Å². The molecule has 5 fully saturated rings. The molecule has 5 aliphatic rings. The van der Waals surface area contributed by atoms with E-state index in [-0.39, 0.29) is 27.1 Å². The van der Waals surface area contributed by atoms with Gasteiger partial charge in [-0.3, -0.25) is 14.9 Å². The third kappa shape index (κ3) is 6.13. The fourth-order valence-corrected chi connectivity index (χ4v) is 9.40. The predicted molar refractivity (Wildman–Crippen MR) is 174 cm³/mol. The maximum absolute atomic E-state index is 13.2. The summed E-state index contributed by atoms with van der Waals surface area (Å²) in [5.41, 5.74) is 1.00. The lowest BCUT2D eigenvalue weighted by Crippen LogP contribution is -2.58. The maximum Gasteiger partial charge on any atom is 0.407 e. The number of piperidine rings is 1. The number of sulfonamides is 1. The third-order valence-electron chi connectivity index (χ3n) is 11.7. The summed E-state index contributed by atoms with van der Waals surface area (Å²) in [6.07, 6.45) is 11.3. The van der Waals surface area contributed by atoms with E-state index in [9.17, 15) is 33.2 Å². The van der Waals surface area contributed by atoms with Crippen LogP contribution in [-0.2, 0) is 10.0 Å². The molecule has 248 valence electrons. The van der Waals surface area contributed by atoms with Gasteiger partial charge in [0.15, 0.2) is 0 Å². The number of hydrogen-bond acceptors (Lipinski definition) is 8. The first-order valence-corrected chi connectivity index (χ1v) is 17.7. The van der Waals surface area contributed by atoms with Gasteiger partial charge in [0, 0.05) is 49.5 Å². The second-order valence-electron chi connectivity index (χ2n) is 14.0. The second-order valence-corrected chi connectivity index (χ2v) is 15.7. The van der Waals surface area contributed by atoms with E-state index >= 15 is 0 Å². The van der Waals surface area contributed by atoms with Crippen LogP contribution in [-0.4, -0.2) is 67.6 Å². The van der Waals surface area contributed by atoms with Gasteiger partial charge in [0.2, 0.25) is 0 Å².